The largest absolute Gasteiger partial charge is 0.494 e. The summed E-state index contributed by atoms with van der Waals surface area (Å²) in [6.45, 7) is 0.670. The molecule has 4 nitrogen and oxygen atoms in total. The Labute approximate surface area is 157 Å². The van der Waals surface area contributed by atoms with Gasteiger partial charge in [0.05, 0.1) is 23.7 Å². The molecule has 3 aromatic rings. The van der Waals surface area contributed by atoms with Crippen LogP contribution in [-0.2, 0) is 17.6 Å². The average molecular weight is 367 g/mol. The van der Waals surface area contributed by atoms with Crippen molar-refractivity contribution >= 4 is 17.3 Å². The van der Waals surface area contributed by atoms with Crippen molar-refractivity contribution in [1.82, 2.24) is 4.98 Å². The Hall–Kier alpha value is -2.66. The number of para-hydroxylation sites is 1. The van der Waals surface area contributed by atoms with Crippen LogP contribution >= 0.6 is 11.3 Å². The molecular formula is C21H21NO3S. The average Bonchev–Trinajstić information content (AvgIpc) is 3.05. The van der Waals surface area contributed by atoms with E-state index in [0.29, 0.717) is 6.61 Å². The molecule has 0 radical (unpaired) electrons. The van der Waals surface area contributed by atoms with Crippen molar-refractivity contribution in [2.45, 2.75) is 25.7 Å². The number of thiazole rings is 1. The van der Waals surface area contributed by atoms with E-state index in [1.54, 1.807) is 0 Å². The van der Waals surface area contributed by atoms with Crippen molar-refractivity contribution in [3.05, 3.63) is 70.5 Å². The van der Waals surface area contributed by atoms with Crippen LogP contribution in [0.5, 0.6) is 5.75 Å². The zero-order valence-electron chi connectivity index (χ0n) is 14.4. The van der Waals surface area contributed by atoms with Crippen molar-refractivity contribution in [3.63, 3.8) is 0 Å². The first-order chi connectivity index (χ1) is 12.7. The Morgan fingerprint density at radius 2 is 1.69 bits per heavy atom. The Bertz CT molecular complexity index is 831. The van der Waals surface area contributed by atoms with Crippen LogP contribution in [0, 0.1) is 0 Å². The summed E-state index contributed by atoms with van der Waals surface area (Å²) < 4.78 is 5.70. The maximum Gasteiger partial charge on any atom is 0.308 e. The maximum atomic E-state index is 11.2. The molecule has 1 N–H and O–H groups in total. The number of carboxylic acid groups (broad SMARTS) is 1. The molecule has 0 spiro atoms. The van der Waals surface area contributed by atoms with Crippen molar-refractivity contribution in [2.75, 3.05) is 6.61 Å². The number of hydrogen-bond donors (Lipinski definition) is 1. The van der Waals surface area contributed by atoms with E-state index in [0.717, 1.165) is 46.2 Å². The van der Waals surface area contributed by atoms with Crippen LogP contribution in [0.25, 0.3) is 11.3 Å². The molecular weight excluding hydrogens is 346 g/mol. The van der Waals surface area contributed by atoms with Crippen LogP contribution in [0.4, 0.5) is 0 Å². The zero-order chi connectivity index (χ0) is 18.2. The number of benzene rings is 2. The lowest BCUT2D eigenvalue weighted by atomic mass is 10.1. The fraction of sp³-hybridized carbons (Fsp3) is 0.238. The van der Waals surface area contributed by atoms with Crippen molar-refractivity contribution < 1.29 is 14.6 Å². The minimum Gasteiger partial charge on any atom is -0.494 e. The Morgan fingerprint density at radius 3 is 2.38 bits per heavy atom. The van der Waals surface area contributed by atoms with E-state index in [1.807, 2.05) is 60.7 Å². The maximum absolute atomic E-state index is 11.2. The number of aliphatic carboxylic acids is 1. The van der Waals surface area contributed by atoms with Gasteiger partial charge in [0.25, 0.3) is 0 Å². The number of rotatable bonds is 9. The van der Waals surface area contributed by atoms with Gasteiger partial charge >= 0.3 is 5.97 Å². The predicted molar refractivity (Wildman–Crippen MR) is 104 cm³/mol. The quantitative estimate of drug-likeness (QED) is 0.550. The molecule has 1 heterocycles. The molecule has 0 atom stereocenters. The van der Waals surface area contributed by atoms with Crippen LogP contribution in [0.15, 0.2) is 60.7 Å². The van der Waals surface area contributed by atoms with Gasteiger partial charge in [0.1, 0.15) is 5.75 Å². The smallest absolute Gasteiger partial charge is 0.308 e. The fourth-order valence-electron chi connectivity index (χ4n) is 2.67. The van der Waals surface area contributed by atoms with Gasteiger partial charge in [-0.05, 0) is 31.4 Å². The normalized spacial score (nSPS) is 10.6. The molecule has 3 rings (SSSR count). The highest BCUT2D eigenvalue weighted by atomic mass is 32.1. The van der Waals surface area contributed by atoms with E-state index in [1.165, 1.54) is 11.3 Å². The molecule has 0 amide bonds. The topological polar surface area (TPSA) is 59.4 Å². The second-order valence-corrected chi connectivity index (χ2v) is 7.10. The van der Waals surface area contributed by atoms with Gasteiger partial charge < -0.3 is 9.84 Å². The molecule has 0 saturated heterocycles. The van der Waals surface area contributed by atoms with Crippen LogP contribution in [0.2, 0.25) is 0 Å². The number of aryl methyl sites for hydroxylation is 1. The summed E-state index contributed by atoms with van der Waals surface area (Å²) in [6.07, 6.45) is 2.74. The van der Waals surface area contributed by atoms with Gasteiger partial charge in [0, 0.05) is 10.4 Å². The van der Waals surface area contributed by atoms with Gasteiger partial charge in [-0.3, -0.25) is 4.79 Å². The first kappa shape index (κ1) is 18.1. The number of carbonyl (C=O) groups is 1. The van der Waals surface area contributed by atoms with Gasteiger partial charge in [0.15, 0.2) is 0 Å². The summed E-state index contributed by atoms with van der Waals surface area (Å²) in [5.41, 5.74) is 1.77. The third-order valence-corrected chi connectivity index (χ3v) is 5.01. The molecule has 0 aliphatic rings. The third kappa shape index (κ3) is 5.17. The summed E-state index contributed by atoms with van der Waals surface area (Å²) in [6, 6.07) is 19.6. The molecule has 5 heteroatoms. The molecule has 0 aliphatic heterocycles. The highest BCUT2D eigenvalue weighted by Gasteiger charge is 2.15. The first-order valence-corrected chi connectivity index (χ1v) is 9.47. The van der Waals surface area contributed by atoms with Crippen LogP contribution in [0.1, 0.15) is 22.7 Å². The molecule has 26 heavy (non-hydrogen) atoms. The number of hydrogen-bond acceptors (Lipinski definition) is 4. The molecule has 2 aromatic carbocycles. The minimum atomic E-state index is -0.825. The minimum absolute atomic E-state index is 0.0129. The molecule has 0 aliphatic carbocycles. The summed E-state index contributed by atoms with van der Waals surface area (Å²) in [7, 11) is 0. The van der Waals surface area contributed by atoms with Crippen molar-refractivity contribution in [3.8, 4) is 17.0 Å². The number of ether oxygens (including phenoxy) is 1. The van der Waals surface area contributed by atoms with Crippen molar-refractivity contribution in [2.24, 2.45) is 0 Å². The highest BCUT2D eigenvalue weighted by Crippen LogP contribution is 2.29. The Kier molecular flexibility index (Phi) is 6.39. The van der Waals surface area contributed by atoms with Crippen LogP contribution < -0.4 is 4.74 Å². The first-order valence-electron chi connectivity index (χ1n) is 8.66. The second-order valence-electron chi connectivity index (χ2n) is 5.93. The summed E-state index contributed by atoms with van der Waals surface area (Å²) >= 11 is 1.50. The molecule has 0 bridgehead atoms. The zero-order valence-corrected chi connectivity index (χ0v) is 15.2. The predicted octanol–water partition coefficient (Wildman–Crippen LogP) is 4.84. The fourth-order valence-corrected chi connectivity index (χ4v) is 3.79. The van der Waals surface area contributed by atoms with E-state index in [4.69, 9.17) is 14.8 Å². The number of carboxylic acids is 1. The molecule has 0 fully saturated rings. The SMILES string of the molecule is O=C(O)Cc1sc(CCCCOc2ccccc2)nc1-c1ccccc1. The lowest BCUT2D eigenvalue weighted by Gasteiger charge is -2.04. The van der Waals surface area contributed by atoms with E-state index < -0.39 is 5.97 Å². The van der Waals surface area contributed by atoms with Crippen LogP contribution in [-0.4, -0.2) is 22.7 Å². The van der Waals surface area contributed by atoms with Gasteiger partial charge in [-0.2, -0.15) is 0 Å². The van der Waals surface area contributed by atoms with Gasteiger partial charge in [-0.25, -0.2) is 4.98 Å². The Morgan fingerprint density at radius 1 is 1.00 bits per heavy atom. The van der Waals surface area contributed by atoms with E-state index in [9.17, 15) is 4.79 Å². The standard InChI is InChI=1S/C21H21NO3S/c23-20(24)15-18-21(16-9-3-1-4-10-16)22-19(26-18)13-7-8-14-25-17-11-5-2-6-12-17/h1-6,9-12H,7-8,13-15H2,(H,23,24). The highest BCUT2D eigenvalue weighted by molar-refractivity contribution is 7.12. The van der Waals surface area contributed by atoms with E-state index in [-0.39, 0.29) is 6.42 Å². The lowest BCUT2D eigenvalue weighted by Crippen LogP contribution is -1.99. The number of unbranched alkanes of at least 4 members (excludes halogenated alkanes) is 1. The monoisotopic (exact) mass is 367 g/mol. The Balaban J connectivity index is 1.57. The van der Waals surface area contributed by atoms with Gasteiger partial charge in [0.2, 0.25) is 0 Å². The second kappa shape index (κ2) is 9.15. The molecule has 0 unspecified atom stereocenters. The van der Waals surface area contributed by atoms with Gasteiger partial charge in [-0.1, -0.05) is 48.5 Å². The lowest BCUT2D eigenvalue weighted by molar-refractivity contribution is -0.136. The summed E-state index contributed by atoms with van der Waals surface area (Å²) in [5, 5.41) is 10.2. The number of nitrogens with zero attached hydrogens (tertiary/aromatic N) is 1. The number of aromatic nitrogens is 1. The molecule has 1 aromatic heterocycles. The summed E-state index contributed by atoms with van der Waals surface area (Å²) in [5.74, 6) is 0.0606. The third-order valence-electron chi connectivity index (χ3n) is 3.90. The van der Waals surface area contributed by atoms with E-state index >= 15 is 0 Å². The van der Waals surface area contributed by atoms with Gasteiger partial charge in [-0.15, -0.1) is 11.3 Å². The van der Waals surface area contributed by atoms with Crippen LogP contribution in [0.3, 0.4) is 0 Å². The van der Waals surface area contributed by atoms with E-state index in [2.05, 4.69) is 0 Å². The molecule has 134 valence electrons. The summed E-state index contributed by atoms with van der Waals surface area (Å²) in [4.78, 5) is 16.7. The molecule has 0 saturated carbocycles. The van der Waals surface area contributed by atoms with Crippen molar-refractivity contribution in [1.29, 1.82) is 0 Å².